The lowest BCUT2D eigenvalue weighted by Gasteiger charge is -2.07. The molecule has 4 aromatic rings. The molecule has 0 bridgehead atoms. The number of nitrogens with one attached hydrogen (secondary N) is 1. The van der Waals surface area contributed by atoms with Crippen molar-refractivity contribution in [2.24, 2.45) is 0 Å². The quantitative estimate of drug-likeness (QED) is 0.322. The van der Waals surface area contributed by atoms with Crippen molar-refractivity contribution in [2.45, 2.75) is 0 Å². The Balaban J connectivity index is 2.11. The minimum atomic E-state index is -1.89. The van der Waals surface area contributed by atoms with Gasteiger partial charge in [-0.25, -0.2) is 27.5 Å². The van der Waals surface area contributed by atoms with E-state index >= 15 is 0 Å². The van der Waals surface area contributed by atoms with E-state index in [-0.39, 0.29) is 5.69 Å². The first kappa shape index (κ1) is 13.7. The van der Waals surface area contributed by atoms with Crippen molar-refractivity contribution in [2.75, 3.05) is 0 Å². The van der Waals surface area contributed by atoms with Crippen molar-refractivity contribution >= 4 is 21.8 Å². The molecule has 0 spiro atoms. The molecule has 0 radical (unpaired) electrons. The van der Waals surface area contributed by atoms with Crippen molar-refractivity contribution < 1.29 is 17.6 Å². The molecule has 1 N–H and O–H groups in total. The van der Waals surface area contributed by atoms with Crippen LogP contribution in [0.5, 0.6) is 0 Å². The van der Waals surface area contributed by atoms with E-state index in [1.54, 1.807) is 18.2 Å². The van der Waals surface area contributed by atoms with Gasteiger partial charge in [-0.2, -0.15) is 0 Å². The van der Waals surface area contributed by atoms with Crippen LogP contribution in [-0.2, 0) is 0 Å². The molecule has 0 aliphatic heterocycles. The van der Waals surface area contributed by atoms with Gasteiger partial charge in [-0.15, -0.1) is 0 Å². The molecule has 4 rings (SSSR count). The standard InChI is InChI=1S/C16H7F4N3/c17-11-10-15(9-5-7-3-1-2-4-8(7)23-9)21-6-22-16(10)14(20)13(19)12(11)18/h1-6,23H. The van der Waals surface area contributed by atoms with Crippen LogP contribution in [0.25, 0.3) is 33.2 Å². The number of hydrogen-bond donors (Lipinski definition) is 1. The number of benzene rings is 2. The van der Waals surface area contributed by atoms with Gasteiger partial charge in [0.05, 0.1) is 11.1 Å². The fraction of sp³-hybridized carbons (Fsp3) is 0. The normalized spacial score (nSPS) is 11.5. The SMILES string of the molecule is Fc1c(F)c(F)c2c(-c3cc4ccccc4[nH]3)ncnc2c1F. The zero-order valence-corrected chi connectivity index (χ0v) is 11.4. The number of nitrogens with zero attached hydrogens (tertiary/aromatic N) is 2. The third-order valence-electron chi connectivity index (χ3n) is 3.64. The molecular weight excluding hydrogens is 310 g/mol. The highest BCUT2D eigenvalue weighted by atomic mass is 19.2. The molecule has 0 saturated heterocycles. The molecule has 7 heteroatoms. The van der Waals surface area contributed by atoms with Gasteiger partial charge in [-0.05, 0) is 12.1 Å². The molecule has 2 heterocycles. The first-order valence-corrected chi connectivity index (χ1v) is 6.62. The maximum atomic E-state index is 14.2. The molecule has 2 aromatic carbocycles. The van der Waals surface area contributed by atoms with E-state index < -0.39 is 34.2 Å². The lowest BCUT2D eigenvalue weighted by Crippen LogP contribution is -2.02. The summed E-state index contributed by atoms with van der Waals surface area (Å²) in [4.78, 5) is 10.4. The Morgan fingerprint density at radius 3 is 2.35 bits per heavy atom. The van der Waals surface area contributed by atoms with E-state index in [9.17, 15) is 17.6 Å². The van der Waals surface area contributed by atoms with E-state index in [0.29, 0.717) is 5.69 Å². The zero-order chi connectivity index (χ0) is 16.1. The summed E-state index contributed by atoms with van der Waals surface area (Å²) in [6.07, 6.45) is 0.975. The fourth-order valence-electron chi connectivity index (χ4n) is 2.57. The Bertz CT molecular complexity index is 1040. The van der Waals surface area contributed by atoms with Crippen molar-refractivity contribution in [3.05, 3.63) is 59.9 Å². The molecule has 0 saturated carbocycles. The number of halogens is 4. The van der Waals surface area contributed by atoms with Crippen molar-refractivity contribution in [1.82, 2.24) is 15.0 Å². The first-order valence-electron chi connectivity index (χ1n) is 6.62. The van der Waals surface area contributed by atoms with Crippen LogP contribution in [0.1, 0.15) is 0 Å². The van der Waals surface area contributed by atoms with Crippen LogP contribution in [0.3, 0.4) is 0 Å². The van der Waals surface area contributed by atoms with E-state index in [2.05, 4.69) is 15.0 Å². The van der Waals surface area contributed by atoms with Crippen LogP contribution >= 0.6 is 0 Å². The summed E-state index contributed by atoms with van der Waals surface area (Å²) in [7, 11) is 0. The van der Waals surface area contributed by atoms with Gasteiger partial charge in [-0.3, -0.25) is 0 Å². The Labute approximate surface area is 126 Å². The van der Waals surface area contributed by atoms with Gasteiger partial charge in [0.15, 0.2) is 23.3 Å². The predicted molar refractivity (Wildman–Crippen MR) is 76.7 cm³/mol. The van der Waals surface area contributed by atoms with Crippen molar-refractivity contribution in [3.8, 4) is 11.4 Å². The highest BCUT2D eigenvalue weighted by Gasteiger charge is 2.24. The van der Waals surface area contributed by atoms with Crippen LogP contribution in [0.4, 0.5) is 17.6 Å². The van der Waals surface area contributed by atoms with Gasteiger partial charge >= 0.3 is 0 Å². The number of fused-ring (bicyclic) bond motifs is 2. The molecule has 23 heavy (non-hydrogen) atoms. The minimum absolute atomic E-state index is 0.0403. The van der Waals surface area contributed by atoms with Gasteiger partial charge in [0, 0.05) is 10.9 Å². The molecule has 0 unspecified atom stereocenters. The second-order valence-corrected chi connectivity index (χ2v) is 4.97. The number of rotatable bonds is 1. The van der Waals surface area contributed by atoms with E-state index in [4.69, 9.17) is 0 Å². The lowest BCUT2D eigenvalue weighted by atomic mass is 10.1. The summed E-state index contributed by atoms with van der Waals surface area (Å²) in [5.74, 6) is -6.84. The topological polar surface area (TPSA) is 41.6 Å². The molecule has 0 aliphatic carbocycles. The molecule has 0 amide bonds. The molecular formula is C16H7F4N3. The molecule has 0 aliphatic rings. The second kappa shape index (κ2) is 4.77. The maximum Gasteiger partial charge on any atom is 0.199 e. The molecule has 114 valence electrons. The van der Waals surface area contributed by atoms with Crippen LogP contribution in [-0.4, -0.2) is 15.0 Å². The van der Waals surface area contributed by atoms with Crippen molar-refractivity contribution in [1.29, 1.82) is 0 Å². The number of para-hydroxylation sites is 1. The number of aromatic amines is 1. The van der Waals surface area contributed by atoms with Crippen LogP contribution in [0.15, 0.2) is 36.7 Å². The smallest absolute Gasteiger partial charge is 0.199 e. The number of H-pyrrole nitrogens is 1. The van der Waals surface area contributed by atoms with E-state index in [1.807, 2.05) is 12.1 Å². The maximum absolute atomic E-state index is 14.2. The van der Waals surface area contributed by atoms with Gasteiger partial charge in [0.1, 0.15) is 17.5 Å². The van der Waals surface area contributed by atoms with Gasteiger partial charge in [0.2, 0.25) is 0 Å². The fourth-order valence-corrected chi connectivity index (χ4v) is 2.57. The van der Waals surface area contributed by atoms with E-state index in [0.717, 1.165) is 17.2 Å². The summed E-state index contributed by atoms with van der Waals surface area (Å²) in [5.41, 5.74) is 0.451. The third kappa shape index (κ3) is 1.89. The number of aromatic nitrogens is 3. The van der Waals surface area contributed by atoms with Gasteiger partial charge < -0.3 is 4.98 Å². The molecule has 0 fully saturated rings. The van der Waals surface area contributed by atoms with Gasteiger partial charge in [-0.1, -0.05) is 18.2 Å². The zero-order valence-electron chi connectivity index (χ0n) is 11.4. The molecule has 0 atom stereocenters. The largest absolute Gasteiger partial charge is 0.353 e. The second-order valence-electron chi connectivity index (χ2n) is 4.97. The number of hydrogen-bond acceptors (Lipinski definition) is 2. The summed E-state index contributed by atoms with van der Waals surface area (Å²) in [5, 5.41) is 0.313. The highest BCUT2D eigenvalue weighted by molar-refractivity contribution is 5.95. The Hall–Kier alpha value is -2.96. The van der Waals surface area contributed by atoms with E-state index in [1.165, 1.54) is 0 Å². The Kier molecular flexibility index (Phi) is 2.84. The molecule has 2 aromatic heterocycles. The molecule has 3 nitrogen and oxygen atoms in total. The average molecular weight is 317 g/mol. The Morgan fingerprint density at radius 2 is 1.57 bits per heavy atom. The third-order valence-corrected chi connectivity index (χ3v) is 3.64. The minimum Gasteiger partial charge on any atom is -0.353 e. The summed E-state index contributed by atoms with van der Waals surface area (Å²) in [6.45, 7) is 0. The lowest BCUT2D eigenvalue weighted by molar-refractivity contribution is 0.417. The predicted octanol–water partition coefficient (Wildman–Crippen LogP) is 4.33. The monoisotopic (exact) mass is 317 g/mol. The van der Waals surface area contributed by atoms with Crippen molar-refractivity contribution in [3.63, 3.8) is 0 Å². The highest BCUT2D eigenvalue weighted by Crippen LogP contribution is 2.32. The van der Waals surface area contributed by atoms with Crippen LogP contribution < -0.4 is 0 Å². The van der Waals surface area contributed by atoms with Crippen LogP contribution in [0, 0.1) is 23.3 Å². The summed E-state index contributed by atoms with van der Waals surface area (Å²) in [6, 6.07) is 8.88. The average Bonchev–Trinajstić information content (AvgIpc) is 3.01. The summed E-state index contributed by atoms with van der Waals surface area (Å²) < 4.78 is 55.0. The van der Waals surface area contributed by atoms with Crippen LogP contribution in [0.2, 0.25) is 0 Å². The first-order chi connectivity index (χ1) is 11.1. The van der Waals surface area contributed by atoms with Gasteiger partial charge in [0.25, 0.3) is 0 Å². The Morgan fingerprint density at radius 1 is 0.826 bits per heavy atom. The summed E-state index contributed by atoms with van der Waals surface area (Å²) >= 11 is 0.